The third-order valence-corrected chi connectivity index (χ3v) is 6.36. The third-order valence-electron chi connectivity index (χ3n) is 5.79. The lowest BCUT2D eigenvalue weighted by Gasteiger charge is -2.28. The van der Waals surface area contributed by atoms with Crippen molar-refractivity contribution in [2.45, 2.75) is 51.6 Å². The zero-order chi connectivity index (χ0) is 27.6. The number of aromatic amines is 1. The number of nitrogens with zero attached hydrogens (tertiary/aromatic N) is 1. The van der Waals surface area contributed by atoms with Crippen molar-refractivity contribution in [1.82, 2.24) is 4.98 Å². The van der Waals surface area contributed by atoms with Gasteiger partial charge in [-0.25, -0.2) is 17.2 Å². The number of carbonyl (C=O) groups is 1. The fourth-order valence-electron chi connectivity index (χ4n) is 4.26. The first-order chi connectivity index (χ1) is 17.1. The highest BCUT2D eigenvalue weighted by Crippen LogP contribution is 2.40. The smallest absolute Gasteiger partial charge is 0.485 e. The first-order valence-electron chi connectivity index (χ1n) is 11.2. The molecule has 0 saturated carbocycles. The van der Waals surface area contributed by atoms with Gasteiger partial charge >= 0.3 is 5.51 Å². The van der Waals surface area contributed by atoms with Crippen LogP contribution in [-0.2, 0) is 29.5 Å². The summed E-state index contributed by atoms with van der Waals surface area (Å²) in [7, 11) is -6.09. The minimum atomic E-state index is -6.09. The number of hydrogen-bond donors (Lipinski definition) is 1. The van der Waals surface area contributed by atoms with Gasteiger partial charge in [-0.05, 0) is 23.0 Å². The molecule has 0 unspecified atom stereocenters. The highest BCUT2D eigenvalue weighted by molar-refractivity contribution is 7.86. The summed E-state index contributed by atoms with van der Waals surface area (Å²) in [6, 6.07) is 13.8. The van der Waals surface area contributed by atoms with Crippen LogP contribution in [0, 0.1) is 5.41 Å². The second-order valence-electron chi connectivity index (χ2n) is 9.51. The minimum absolute atomic E-state index is 0.0762. The molecule has 0 bridgehead atoms. The fraction of sp³-hybridized carbons (Fsp3) is 0.360. The molecule has 1 aromatic carbocycles. The van der Waals surface area contributed by atoms with E-state index in [1.807, 2.05) is 30.3 Å². The van der Waals surface area contributed by atoms with E-state index < -0.39 is 22.1 Å². The van der Waals surface area contributed by atoms with E-state index in [1.54, 1.807) is 12.4 Å². The summed E-state index contributed by atoms with van der Waals surface area (Å²) >= 11 is 0. The van der Waals surface area contributed by atoms with Crippen molar-refractivity contribution >= 4 is 15.9 Å². The Kier molecular flexibility index (Phi) is 8.23. The first kappa shape index (κ1) is 28.5. The van der Waals surface area contributed by atoms with Gasteiger partial charge in [-0.15, -0.1) is 0 Å². The first-order valence-corrected chi connectivity index (χ1v) is 12.6. The Morgan fingerprint density at radius 3 is 2.14 bits per heavy atom. The molecule has 2 aromatic heterocycles. The number of rotatable bonds is 5. The van der Waals surface area contributed by atoms with Gasteiger partial charge in [0.1, 0.15) is 0 Å². The zero-order valence-electron chi connectivity index (χ0n) is 20.0. The molecule has 1 N–H and O–H groups in total. The van der Waals surface area contributed by atoms with Crippen LogP contribution >= 0.6 is 0 Å². The normalized spacial score (nSPS) is 15.2. The standard InChI is InChI=1S/C24H24F2N2O.CHF3O3S/c1-24(2)13-19-22(20(29)14-24)18(12-16-6-4-3-5-7-16)23(27-19)17-8-10-28(11-9-17)15-21(25)26;2-1(3,4)8(5,6)7/h3-11,21H,12-15H2,1-2H3;(H,5,6,7). The zero-order valence-corrected chi connectivity index (χ0v) is 20.8. The average Bonchev–Trinajstić information content (AvgIpc) is 3.10. The number of pyridine rings is 1. The monoisotopic (exact) mass is 544 g/mol. The summed E-state index contributed by atoms with van der Waals surface area (Å²) in [5, 5.41) is 0. The van der Waals surface area contributed by atoms with Crippen molar-refractivity contribution < 1.29 is 44.3 Å². The molecule has 1 aliphatic carbocycles. The predicted molar refractivity (Wildman–Crippen MR) is 124 cm³/mol. The second-order valence-corrected chi connectivity index (χ2v) is 10.9. The van der Waals surface area contributed by atoms with E-state index >= 15 is 0 Å². The van der Waals surface area contributed by atoms with Crippen molar-refractivity contribution in [3.05, 3.63) is 77.2 Å². The Balaban J connectivity index is 0.000000414. The third kappa shape index (κ3) is 7.22. The van der Waals surface area contributed by atoms with Gasteiger partial charge in [0.05, 0.1) is 5.69 Å². The second kappa shape index (κ2) is 10.7. The molecule has 37 heavy (non-hydrogen) atoms. The number of carbonyl (C=O) groups excluding carboxylic acids is 1. The van der Waals surface area contributed by atoms with E-state index in [9.17, 15) is 26.7 Å². The number of fused-ring (bicyclic) bond motifs is 1. The van der Waals surface area contributed by atoms with E-state index in [1.165, 1.54) is 4.57 Å². The van der Waals surface area contributed by atoms with Crippen LogP contribution in [-0.4, -0.2) is 35.7 Å². The SMILES string of the molecule is CC1(C)CC(=O)c2c([nH]c(-c3cc[n+](CC(F)F)cc3)c2Cc2ccccc2)C1.O=S(=O)([O-])C(F)(F)F. The van der Waals surface area contributed by atoms with Crippen molar-refractivity contribution in [2.75, 3.05) is 0 Å². The molecule has 0 amide bonds. The minimum Gasteiger partial charge on any atom is -0.741 e. The summed E-state index contributed by atoms with van der Waals surface area (Å²) in [5.41, 5.74) is 0.0231. The molecule has 0 fully saturated rings. The number of H-pyrrole nitrogens is 1. The number of aromatic nitrogens is 2. The highest BCUT2D eigenvalue weighted by Gasteiger charge is 2.37. The predicted octanol–water partition coefficient (Wildman–Crippen LogP) is 5.03. The Hall–Kier alpha value is -3.12. The maximum absolute atomic E-state index is 13.0. The molecule has 0 saturated heterocycles. The van der Waals surface area contributed by atoms with Crippen LogP contribution in [0.3, 0.4) is 0 Å². The lowest BCUT2D eigenvalue weighted by Crippen LogP contribution is -2.36. The Bertz CT molecular complexity index is 1350. The molecule has 1 aliphatic rings. The topological polar surface area (TPSA) is 93.9 Å². The van der Waals surface area contributed by atoms with Crippen molar-refractivity contribution in [2.24, 2.45) is 5.41 Å². The molecule has 4 rings (SSSR count). The number of nitrogens with one attached hydrogen (secondary N) is 1. The van der Waals surface area contributed by atoms with Crippen LogP contribution in [0.4, 0.5) is 22.0 Å². The van der Waals surface area contributed by atoms with E-state index in [4.69, 9.17) is 13.0 Å². The molecule has 2 heterocycles. The molecular weight excluding hydrogens is 519 g/mol. The average molecular weight is 545 g/mol. The summed E-state index contributed by atoms with van der Waals surface area (Å²) in [5.74, 6) is 0.174. The summed E-state index contributed by atoms with van der Waals surface area (Å²) in [6.07, 6.45) is 2.94. The van der Waals surface area contributed by atoms with Gasteiger partial charge in [-0.1, -0.05) is 44.2 Å². The van der Waals surface area contributed by atoms with Crippen LogP contribution in [0.15, 0.2) is 54.9 Å². The van der Waals surface area contributed by atoms with Crippen LogP contribution in [0.25, 0.3) is 11.3 Å². The highest BCUT2D eigenvalue weighted by atomic mass is 32.2. The van der Waals surface area contributed by atoms with Crippen LogP contribution in [0.2, 0.25) is 0 Å². The summed E-state index contributed by atoms with van der Waals surface area (Å²) in [6.45, 7) is 3.90. The maximum atomic E-state index is 13.0. The van der Waals surface area contributed by atoms with E-state index in [2.05, 4.69) is 31.0 Å². The fourth-order valence-corrected chi connectivity index (χ4v) is 4.26. The molecule has 12 heteroatoms. The van der Waals surface area contributed by atoms with Crippen LogP contribution in [0.1, 0.15) is 47.4 Å². The number of ketones is 1. The molecule has 0 spiro atoms. The van der Waals surface area contributed by atoms with Gasteiger partial charge in [0.15, 0.2) is 28.3 Å². The lowest BCUT2D eigenvalue weighted by atomic mass is 9.75. The number of benzene rings is 1. The Morgan fingerprint density at radius 2 is 1.62 bits per heavy atom. The summed E-state index contributed by atoms with van der Waals surface area (Å²) in [4.78, 5) is 16.5. The number of hydrogen-bond acceptors (Lipinski definition) is 4. The number of alkyl halides is 5. The van der Waals surface area contributed by atoms with Crippen molar-refractivity contribution in [3.63, 3.8) is 0 Å². The lowest BCUT2D eigenvalue weighted by molar-refractivity contribution is -0.705. The van der Waals surface area contributed by atoms with Crippen molar-refractivity contribution in [1.29, 1.82) is 0 Å². The number of halogens is 5. The van der Waals surface area contributed by atoms with Crippen LogP contribution < -0.4 is 4.57 Å². The van der Waals surface area contributed by atoms with Gasteiger partial charge in [0, 0.05) is 41.8 Å². The molecule has 0 radical (unpaired) electrons. The van der Waals surface area contributed by atoms with E-state index in [0.717, 1.165) is 40.1 Å². The quantitative estimate of drug-likeness (QED) is 0.211. The van der Waals surface area contributed by atoms with E-state index in [0.29, 0.717) is 12.8 Å². The van der Waals surface area contributed by atoms with Gasteiger partial charge in [-0.2, -0.15) is 17.7 Å². The molecule has 0 aliphatic heterocycles. The number of Topliss-reactive ketones (excluding diaryl/α,β-unsaturated/α-hetero) is 1. The van der Waals surface area contributed by atoms with Gasteiger partial charge in [-0.3, -0.25) is 4.79 Å². The Morgan fingerprint density at radius 1 is 1.05 bits per heavy atom. The van der Waals surface area contributed by atoms with Gasteiger partial charge in [0.2, 0.25) is 6.54 Å². The van der Waals surface area contributed by atoms with Crippen LogP contribution in [0.5, 0.6) is 0 Å². The van der Waals surface area contributed by atoms with Gasteiger partial charge in [0.25, 0.3) is 6.43 Å². The Labute approximate surface area is 210 Å². The van der Waals surface area contributed by atoms with E-state index in [-0.39, 0.29) is 17.7 Å². The van der Waals surface area contributed by atoms with Gasteiger partial charge < -0.3 is 9.54 Å². The molecule has 6 nitrogen and oxygen atoms in total. The molecule has 3 aromatic rings. The maximum Gasteiger partial charge on any atom is 0.485 e. The largest absolute Gasteiger partial charge is 0.741 e. The summed E-state index contributed by atoms with van der Waals surface area (Å²) < 4.78 is 85.7. The molecule has 0 atom stereocenters. The van der Waals surface area contributed by atoms with Crippen molar-refractivity contribution in [3.8, 4) is 11.3 Å². The molecular formula is C25H25F5N2O4S. The molecule has 200 valence electrons.